The van der Waals surface area contributed by atoms with Crippen LogP contribution in [0.5, 0.6) is 0 Å². The van der Waals surface area contributed by atoms with Gasteiger partial charge in [-0.2, -0.15) is 0 Å². The van der Waals surface area contributed by atoms with E-state index in [0.29, 0.717) is 12.4 Å². The summed E-state index contributed by atoms with van der Waals surface area (Å²) in [6.45, 7) is 2.54. The molecule has 2 amide bonds. The Labute approximate surface area is 241 Å². The molecule has 2 aromatic carbocycles. The third-order valence-corrected chi connectivity index (χ3v) is 7.93. The zero-order valence-electron chi connectivity index (χ0n) is 23.4. The van der Waals surface area contributed by atoms with Crippen molar-refractivity contribution < 1.29 is 32.6 Å². The Kier molecular flexibility index (Phi) is 8.83. The molecule has 12 heteroatoms. The first-order valence-corrected chi connectivity index (χ1v) is 13.9. The predicted molar refractivity (Wildman–Crippen MR) is 148 cm³/mol. The molecular weight excluding hydrogens is 551 g/mol. The van der Waals surface area contributed by atoms with Gasteiger partial charge in [0.2, 0.25) is 0 Å². The number of carbonyl (C=O) groups is 2. The fourth-order valence-corrected chi connectivity index (χ4v) is 5.71. The van der Waals surface area contributed by atoms with Gasteiger partial charge in [-0.3, -0.25) is 4.79 Å². The highest BCUT2D eigenvalue weighted by atomic mass is 19.1. The minimum absolute atomic E-state index is 0.0147. The fourth-order valence-electron chi connectivity index (χ4n) is 5.71. The number of aliphatic hydroxyl groups excluding tert-OH is 1. The predicted octanol–water partition coefficient (Wildman–Crippen LogP) is 3.38. The number of hydrogen-bond donors (Lipinski definition) is 2. The number of imidazole rings is 1. The van der Waals surface area contributed by atoms with E-state index in [0.717, 1.165) is 23.8 Å². The van der Waals surface area contributed by atoms with Crippen molar-refractivity contribution in [1.29, 1.82) is 0 Å². The van der Waals surface area contributed by atoms with Crippen LogP contribution >= 0.6 is 0 Å². The molecule has 2 N–H and O–H groups in total. The molecule has 1 aromatic heterocycles. The summed E-state index contributed by atoms with van der Waals surface area (Å²) in [5.41, 5.74) is 0.995. The van der Waals surface area contributed by atoms with Gasteiger partial charge in [0.15, 0.2) is 0 Å². The molecule has 2 aliphatic rings. The Morgan fingerprint density at radius 3 is 2.55 bits per heavy atom. The van der Waals surface area contributed by atoms with Crippen LogP contribution in [0.3, 0.4) is 0 Å². The van der Waals surface area contributed by atoms with Crippen LogP contribution < -0.4 is 5.32 Å². The first-order chi connectivity index (χ1) is 20.2. The fraction of sp³-hybridized carbons (Fsp3) is 0.433. The second kappa shape index (κ2) is 12.5. The number of methoxy groups -OCH3 is 1. The van der Waals surface area contributed by atoms with Gasteiger partial charge in [-0.05, 0) is 30.7 Å². The van der Waals surface area contributed by atoms with Crippen LogP contribution in [0.2, 0.25) is 0 Å². The normalized spacial score (nSPS) is 20.2. The molecule has 0 saturated carbocycles. The highest BCUT2D eigenvalue weighted by Crippen LogP contribution is 2.38. The van der Waals surface area contributed by atoms with Crippen LogP contribution in [0, 0.1) is 23.5 Å². The van der Waals surface area contributed by atoms with Crippen molar-refractivity contribution >= 4 is 12.0 Å². The largest absolute Gasteiger partial charge is 0.453 e. The molecule has 2 saturated heterocycles. The number of nitrogens with zero attached hydrogens (tertiary/aromatic N) is 4. The number of halogens is 3. The minimum Gasteiger partial charge on any atom is -0.453 e. The van der Waals surface area contributed by atoms with E-state index in [1.807, 2.05) is 30.3 Å². The molecule has 4 atom stereocenters. The van der Waals surface area contributed by atoms with E-state index >= 15 is 0 Å². The minimum atomic E-state index is -1.39. The van der Waals surface area contributed by atoms with Gasteiger partial charge < -0.3 is 29.5 Å². The van der Waals surface area contributed by atoms with Gasteiger partial charge in [-0.1, -0.05) is 30.3 Å². The molecule has 224 valence electrons. The number of alkyl halides is 1. The van der Waals surface area contributed by atoms with Gasteiger partial charge in [0, 0.05) is 62.9 Å². The summed E-state index contributed by atoms with van der Waals surface area (Å²) in [4.78, 5) is 33.5. The van der Waals surface area contributed by atoms with Crippen molar-refractivity contribution in [3.05, 3.63) is 77.8 Å². The zero-order valence-corrected chi connectivity index (χ0v) is 23.4. The topological polar surface area (TPSA) is 99.9 Å². The van der Waals surface area contributed by atoms with E-state index in [2.05, 4.69) is 5.32 Å². The Morgan fingerprint density at radius 1 is 1.17 bits per heavy atom. The van der Waals surface area contributed by atoms with Gasteiger partial charge in [0.1, 0.15) is 29.7 Å². The van der Waals surface area contributed by atoms with Gasteiger partial charge in [-0.25, -0.2) is 22.9 Å². The summed E-state index contributed by atoms with van der Waals surface area (Å²) >= 11 is 0. The molecule has 3 aromatic rings. The Balaban J connectivity index is 1.64. The van der Waals surface area contributed by atoms with Crippen molar-refractivity contribution in [2.45, 2.75) is 31.8 Å². The van der Waals surface area contributed by atoms with Crippen molar-refractivity contribution in [2.75, 3.05) is 39.8 Å². The van der Waals surface area contributed by atoms with Crippen LogP contribution in [0.1, 0.15) is 24.4 Å². The zero-order chi connectivity index (χ0) is 30.0. The number of rotatable bonds is 9. The molecule has 42 heavy (non-hydrogen) atoms. The van der Waals surface area contributed by atoms with Crippen LogP contribution in [-0.2, 0) is 16.1 Å². The van der Waals surface area contributed by atoms with Gasteiger partial charge in [0.25, 0.3) is 5.91 Å². The van der Waals surface area contributed by atoms with Gasteiger partial charge in [-0.15, -0.1) is 0 Å². The quantitative estimate of drug-likeness (QED) is 0.400. The summed E-state index contributed by atoms with van der Waals surface area (Å²) in [6, 6.07) is 11.7. The summed E-state index contributed by atoms with van der Waals surface area (Å²) < 4.78 is 50.6. The number of hydrogen-bond acceptors (Lipinski definition) is 6. The molecule has 9 nitrogen and oxygen atoms in total. The Bertz CT molecular complexity index is 1410. The van der Waals surface area contributed by atoms with E-state index in [-0.39, 0.29) is 49.9 Å². The Hall–Kier alpha value is -3.90. The van der Waals surface area contributed by atoms with Crippen LogP contribution in [0.15, 0.2) is 54.7 Å². The lowest BCUT2D eigenvalue weighted by Crippen LogP contribution is -2.57. The summed E-state index contributed by atoms with van der Waals surface area (Å²) in [6.07, 6.45) is -1.53. The highest BCUT2D eigenvalue weighted by Gasteiger charge is 2.46. The number of carbonyl (C=O) groups excluding carboxylic acids is 2. The summed E-state index contributed by atoms with van der Waals surface area (Å²) in [5.74, 6) is -2.47. The molecule has 0 radical (unpaired) electrons. The number of aromatic nitrogens is 2. The van der Waals surface area contributed by atoms with Crippen molar-refractivity contribution in [3.8, 4) is 11.3 Å². The molecule has 0 bridgehead atoms. The summed E-state index contributed by atoms with van der Waals surface area (Å²) in [7, 11) is 1.28. The standard InChI is InChI=1S/C30H34F3N5O4/c1-18(39)29(40)38(16-20-11-34-12-25(20)33)27(21-14-37(15-21)30(41)42-2)28-35-26(23-10-22(31)8-9-24(23)32)17-36(28)13-19-6-4-3-5-7-19/h3-10,17-18,20-21,25,27,34,39H,11-16H2,1-2H3. The molecule has 5 rings (SSSR count). The third kappa shape index (κ3) is 6.14. The van der Waals surface area contributed by atoms with Gasteiger partial charge >= 0.3 is 6.09 Å². The van der Waals surface area contributed by atoms with E-state index < -0.39 is 47.9 Å². The molecular formula is C30H34F3N5O4. The smallest absolute Gasteiger partial charge is 0.409 e. The average Bonchev–Trinajstić information content (AvgIpc) is 3.55. The van der Waals surface area contributed by atoms with Crippen molar-refractivity contribution in [1.82, 2.24) is 24.7 Å². The molecule has 0 spiro atoms. The second-order valence-corrected chi connectivity index (χ2v) is 10.9. The first kappa shape index (κ1) is 29.6. The lowest BCUT2D eigenvalue weighted by molar-refractivity contribution is -0.146. The van der Waals surface area contributed by atoms with Gasteiger partial charge in [0.05, 0.1) is 18.8 Å². The number of nitrogens with one attached hydrogen (secondary N) is 1. The summed E-state index contributed by atoms with van der Waals surface area (Å²) in [5, 5.41) is 13.4. The van der Waals surface area contributed by atoms with E-state index in [1.54, 1.807) is 10.8 Å². The maximum absolute atomic E-state index is 14.9. The number of ether oxygens (including phenoxy) is 1. The van der Waals surface area contributed by atoms with E-state index in [1.165, 1.54) is 23.8 Å². The molecule has 3 heterocycles. The number of benzene rings is 2. The number of amides is 2. The average molecular weight is 586 g/mol. The SMILES string of the molecule is COC(=O)N1CC(C(c2nc(-c3cc(F)ccc3F)cn2Cc2ccccc2)N(CC2CNCC2F)C(=O)C(C)O)C1. The highest BCUT2D eigenvalue weighted by molar-refractivity contribution is 5.81. The van der Waals surface area contributed by atoms with Crippen LogP contribution in [0.4, 0.5) is 18.0 Å². The maximum Gasteiger partial charge on any atom is 0.409 e. The molecule has 2 fully saturated rings. The van der Waals surface area contributed by atoms with Crippen LogP contribution in [-0.4, -0.2) is 88.6 Å². The molecule has 2 aliphatic heterocycles. The number of aliphatic hydroxyl groups is 1. The maximum atomic E-state index is 14.9. The van der Waals surface area contributed by atoms with Crippen molar-refractivity contribution in [3.63, 3.8) is 0 Å². The first-order valence-electron chi connectivity index (χ1n) is 13.9. The van der Waals surface area contributed by atoms with E-state index in [4.69, 9.17) is 9.72 Å². The molecule has 4 unspecified atom stereocenters. The second-order valence-electron chi connectivity index (χ2n) is 10.9. The Morgan fingerprint density at radius 2 is 1.90 bits per heavy atom. The van der Waals surface area contributed by atoms with E-state index in [9.17, 15) is 27.9 Å². The number of likely N-dealkylation sites (tertiary alicyclic amines) is 1. The monoisotopic (exact) mass is 585 g/mol. The van der Waals surface area contributed by atoms with Crippen LogP contribution in [0.25, 0.3) is 11.3 Å². The molecule has 0 aliphatic carbocycles. The lowest BCUT2D eigenvalue weighted by Gasteiger charge is -2.46. The van der Waals surface area contributed by atoms with Crippen molar-refractivity contribution in [2.24, 2.45) is 11.8 Å². The lowest BCUT2D eigenvalue weighted by atomic mass is 9.88. The third-order valence-electron chi connectivity index (χ3n) is 7.93.